The highest BCUT2D eigenvalue weighted by molar-refractivity contribution is 5.99. The summed E-state index contributed by atoms with van der Waals surface area (Å²) in [5.74, 6) is 0.890. The maximum absolute atomic E-state index is 12.2. The van der Waals surface area contributed by atoms with E-state index in [4.69, 9.17) is 9.47 Å². The van der Waals surface area contributed by atoms with Crippen LogP contribution in [0.25, 0.3) is 0 Å². The van der Waals surface area contributed by atoms with Crippen molar-refractivity contribution in [1.82, 2.24) is 0 Å². The zero-order chi connectivity index (χ0) is 16.1. The van der Waals surface area contributed by atoms with E-state index in [1.807, 2.05) is 0 Å². The van der Waals surface area contributed by atoms with Gasteiger partial charge in [-0.15, -0.1) is 0 Å². The zero-order valence-corrected chi connectivity index (χ0v) is 12.2. The fourth-order valence-corrected chi connectivity index (χ4v) is 1.89. The van der Waals surface area contributed by atoms with Crippen LogP contribution in [0.3, 0.4) is 0 Å². The third-order valence-electron chi connectivity index (χ3n) is 3.10. The van der Waals surface area contributed by atoms with Gasteiger partial charge in [-0.3, -0.25) is 14.9 Å². The van der Waals surface area contributed by atoms with Crippen molar-refractivity contribution in [3.05, 3.63) is 64.2 Å². The van der Waals surface area contributed by atoms with Crippen molar-refractivity contribution in [2.45, 2.75) is 13.0 Å². The summed E-state index contributed by atoms with van der Waals surface area (Å²) in [4.78, 5) is 22.3. The molecule has 0 unspecified atom stereocenters. The Morgan fingerprint density at radius 2 is 1.59 bits per heavy atom. The van der Waals surface area contributed by atoms with Gasteiger partial charge in [0.2, 0.25) is 5.78 Å². The van der Waals surface area contributed by atoms with Gasteiger partial charge in [0.25, 0.3) is 5.69 Å². The molecular formula is C16H15NO5. The molecule has 6 heteroatoms. The highest BCUT2D eigenvalue weighted by Gasteiger charge is 2.17. The van der Waals surface area contributed by atoms with E-state index in [2.05, 4.69) is 0 Å². The summed E-state index contributed by atoms with van der Waals surface area (Å²) >= 11 is 0. The minimum Gasteiger partial charge on any atom is -0.497 e. The van der Waals surface area contributed by atoms with Gasteiger partial charge in [0.1, 0.15) is 11.5 Å². The fraction of sp³-hybridized carbons (Fsp3) is 0.188. The predicted octanol–water partition coefficient (Wildman–Crippen LogP) is 3.25. The number of ketones is 1. The Hall–Kier alpha value is -2.89. The summed E-state index contributed by atoms with van der Waals surface area (Å²) in [7, 11) is 1.55. The van der Waals surface area contributed by atoms with E-state index in [9.17, 15) is 14.9 Å². The number of rotatable bonds is 6. The molecule has 0 fully saturated rings. The topological polar surface area (TPSA) is 78.7 Å². The van der Waals surface area contributed by atoms with Crippen molar-refractivity contribution in [2.24, 2.45) is 0 Å². The Kier molecular flexibility index (Phi) is 4.73. The van der Waals surface area contributed by atoms with Gasteiger partial charge in [0.15, 0.2) is 6.10 Å². The van der Waals surface area contributed by atoms with E-state index in [0.29, 0.717) is 17.1 Å². The van der Waals surface area contributed by atoms with Gasteiger partial charge in [0.05, 0.1) is 12.0 Å². The molecule has 6 nitrogen and oxygen atoms in total. The van der Waals surface area contributed by atoms with Crippen molar-refractivity contribution in [2.75, 3.05) is 7.11 Å². The van der Waals surface area contributed by atoms with Crippen LogP contribution in [0.15, 0.2) is 48.5 Å². The zero-order valence-electron chi connectivity index (χ0n) is 12.2. The molecule has 2 rings (SSSR count). The molecule has 0 aliphatic rings. The Bertz CT molecular complexity index is 664. The van der Waals surface area contributed by atoms with Crippen molar-refractivity contribution < 1.29 is 19.2 Å². The lowest BCUT2D eigenvalue weighted by atomic mass is 10.1. The summed E-state index contributed by atoms with van der Waals surface area (Å²) in [6, 6.07) is 12.3. The van der Waals surface area contributed by atoms with Crippen LogP contribution in [0, 0.1) is 10.1 Å². The Morgan fingerprint density at radius 1 is 1.05 bits per heavy atom. The largest absolute Gasteiger partial charge is 0.497 e. The molecule has 114 valence electrons. The molecule has 0 bridgehead atoms. The quantitative estimate of drug-likeness (QED) is 0.465. The number of benzene rings is 2. The molecule has 0 aliphatic heterocycles. The number of hydrogen-bond donors (Lipinski definition) is 0. The van der Waals surface area contributed by atoms with Crippen LogP contribution in [0.5, 0.6) is 11.5 Å². The van der Waals surface area contributed by atoms with Gasteiger partial charge in [-0.1, -0.05) is 0 Å². The molecule has 0 spiro atoms. The maximum atomic E-state index is 12.2. The molecule has 0 saturated heterocycles. The first-order chi connectivity index (χ1) is 10.5. The third-order valence-corrected chi connectivity index (χ3v) is 3.10. The van der Waals surface area contributed by atoms with Crippen LogP contribution < -0.4 is 9.47 Å². The van der Waals surface area contributed by atoms with Gasteiger partial charge >= 0.3 is 0 Å². The smallest absolute Gasteiger partial charge is 0.269 e. The standard InChI is InChI=1S/C16H15NO5/c1-11(16(18)12-3-7-14(21-2)8-4-12)22-15-9-5-13(6-10-15)17(19)20/h3-11H,1-2H3/t11-/m0/s1. The van der Waals surface area contributed by atoms with Crippen LogP contribution in [-0.4, -0.2) is 23.9 Å². The van der Waals surface area contributed by atoms with Crippen LogP contribution >= 0.6 is 0 Å². The number of nitro groups is 1. The lowest BCUT2D eigenvalue weighted by molar-refractivity contribution is -0.384. The maximum Gasteiger partial charge on any atom is 0.269 e. The first-order valence-corrected chi connectivity index (χ1v) is 6.60. The average molecular weight is 301 g/mol. The molecule has 0 saturated carbocycles. The van der Waals surface area contributed by atoms with Gasteiger partial charge in [-0.25, -0.2) is 0 Å². The van der Waals surface area contributed by atoms with Crippen LogP contribution in [0.1, 0.15) is 17.3 Å². The minimum atomic E-state index is -0.699. The second-order valence-electron chi connectivity index (χ2n) is 4.60. The fourth-order valence-electron chi connectivity index (χ4n) is 1.89. The van der Waals surface area contributed by atoms with Crippen molar-refractivity contribution in [3.8, 4) is 11.5 Å². The molecular weight excluding hydrogens is 286 g/mol. The molecule has 0 aliphatic carbocycles. The highest BCUT2D eigenvalue weighted by atomic mass is 16.6. The molecule has 0 radical (unpaired) electrons. The molecule has 2 aromatic rings. The summed E-state index contributed by atoms with van der Waals surface area (Å²) < 4.78 is 10.6. The Balaban J connectivity index is 2.05. The predicted molar refractivity (Wildman–Crippen MR) is 80.5 cm³/mol. The Morgan fingerprint density at radius 3 is 2.09 bits per heavy atom. The number of methoxy groups -OCH3 is 1. The summed E-state index contributed by atoms with van der Waals surface area (Å²) in [5.41, 5.74) is 0.483. The second kappa shape index (κ2) is 6.71. The number of Topliss-reactive ketones (excluding diaryl/α,β-unsaturated/α-hetero) is 1. The molecule has 0 N–H and O–H groups in total. The lowest BCUT2D eigenvalue weighted by Gasteiger charge is -2.13. The lowest BCUT2D eigenvalue weighted by Crippen LogP contribution is -2.23. The van der Waals surface area contributed by atoms with Crippen LogP contribution in [0.2, 0.25) is 0 Å². The van der Waals surface area contributed by atoms with Gasteiger partial charge in [-0.2, -0.15) is 0 Å². The number of carbonyl (C=O) groups is 1. The third kappa shape index (κ3) is 3.60. The first-order valence-electron chi connectivity index (χ1n) is 6.60. The van der Waals surface area contributed by atoms with E-state index in [-0.39, 0.29) is 11.5 Å². The minimum absolute atomic E-state index is 0.0264. The summed E-state index contributed by atoms with van der Waals surface area (Å²) in [6.07, 6.45) is -0.699. The second-order valence-corrected chi connectivity index (χ2v) is 4.60. The normalized spacial score (nSPS) is 11.5. The molecule has 1 atom stereocenters. The van der Waals surface area contributed by atoms with Gasteiger partial charge < -0.3 is 9.47 Å². The summed E-state index contributed by atoms with van der Waals surface area (Å²) in [6.45, 7) is 1.63. The van der Waals surface area contributed by atoms with Gasteiger partial charge in [-0.05, 0) is 43.3 Å². The first kappa shape index (κ1) is 15.5. The number of carbonyl (C=O) groups excluding carboxylic acids is 1. The number of non-ortho nitro benzene ring substituents is 1. The number of nitrogens with zero attached hydrogens (tertiary/aromatic N) is 1. The average Bonchev–Trinajstić information content (AvgIpc) is 2.54. The van der Waals surface area contributed by atoms with Crippen LogP contribution in [0.4, 0.5) is 5.69 Å². The SMILES string of the molecule is COc1ccc(C(=O)[C@H](C)Oc2ccc([N+](=O)[O-])cc2)cc1. The summed E-state index contributed by atoms with van der Waals surface area (Å²) in [5, 5.41) is 10.6. The van der Waals surface area contributed by atoms with Gasteiger partial charge in [0, 0.05) is 17.7 Å². The van der Waals surface area contributed by atoms with E-state index >= 15 is 0 Å². The molecule has 0 heterocycles. The number of hydrogen-bond acceptors (Lipinski definition) is 5. The van der Waals surface area contributed by atoms with Crippen molar-refractivity contribution in [3.63, 3.8) is 0 Å². The molecule has 2 aromatic carbocycles. The highest BCUT2D eigenvalue weighted by Crippen LogP contribution is 2.20. The number of nitro benzene ring substituents is 1. The van der Waals surface area contributed by atoms with Crippen LogP contribution in [-0.2, 0) is 0 Å². The molecule has 22 heavy (non-hydrogen) atoms. The monoisotopic (exact) mass is 301 g/mol. The van der Waals surface area contributed by atoms with Crippen molar-refractivity contribution >= 4 is 11.5 Å². The molecule has 0 aromatic heterocycles. The number of ether oxygens (including phenoxy) is 2. The van der Waals surface area contributed by atoms with E-state index < -0.39 is 11.0 Å². The molecule has 0 amide bonds. The van der Waals surface area contributed by atoms with E-state index in [1.165, 1.54) is 24.3 Å². The van der Waals surface area contributed by atoms with E-state index in [1.54, 1.807) is 38.3 Å². The Labute approximate surface area is 127 Å². The van der Waals surface area contributed by atoms with Crippen molar-refractivity contribution in [1.29, 1.82) is 0 Å². The van der Waals surface area contributed by atoms with E-state index in [0.717, 1.165) is 0 Å².